The minimum atomic E-state index is -0.160. The lowest BCUT2D eigenvalue weighted by Gasteiger charge is -2.03. The van der Waals surface area contributed by atoms with Gasteiger partial charge in [0.05, 0.1) is 0 Å². The second-order valence-corrected chi connectivity index (χ2v) is 4.87. The van der Waals surface area contributed by atoms with Gasteiger partial charge in [-0.25, -0.2) is 0 Å². The molecule has 0 saturated carbocycles. The lowest BCUT2D eigenvalue weighted by atomic mass is 10.3. The maximum Gasteiger partial charge on any atom is 0.266 e. The van der Waals surface area contributed by atoms with Gasteiger partial charge < -0.3 is 10.4 Å². The van der Waals surface area contributed by atoms with Crippen molar-refractivity contribution in [1.82, 2.24) is 0 Å². The van der Waals surface area contributed by atoms with Gasteiger partial charge in [0.25, 0.3) is 5.91 Å². The highest BCUT2D eigenvalue weighted by molar-refractivity contribution is 9.10. The molecule has 0 saturated heterocycles. The lowest BCUT2D eigenvalue weighted by molar-refractivity contribution is 0.103. The minimum absolute atomic E-state index is 0.160. The van der Waals surface area contributed by atoms with Gasteiger partial charge in [-0.1, -0.05) is 0 Å². The molecule has 16 heavy (non-hydrogen) atoms. The molecule has 1 amide bonds. The molecule has 0 aliphatic heterocycles. The molecule has 0 atom stereocenters. The predicted molar refractivity (Wildman–Crippen MR) is 68.1 cm³/mol. The van der Waals surface area contributed by atoms with Crippen molar-refractivity contribution in [2.24, 2.45) is 0 Å². The smallest absolute Gasteiger partial charge is 0.266 e. The van der Waals surface area contributed by atoms with Gasteiger partial charge >= 0.3 is 0 Å². The molecule has 2 aromatic rings. The molecule has 0 unspecified atom stereocenters. The fourth-order valence-electron chi connectivity index (χ4n) is 1.19. The highest BCUT2D eigenvalue weighted by Gasteiger charge is 2.11. The number of phenols is 1. The third-order valence-corrected chi connectivity index (χ3v) is 3.79. The third kappa shape index (κ3) is 2.43. The van der Waals surface area contributed by atoms with Gasteiger partial charge in [-0.3, -0.25) is 4.79 Å². The van der Waals surface area contributed by atoms with Crippen LogP contribution in [0.2, 0.25) is 0 Å². The third-order valence-electron chi connectivity index (χ3n) is 1.95. The van der Waals surface area contributed by atoms with Crippen molar-refractivity contribution in [3.63, 3.8) is 0 Å². The molecule has 0 radical (unpaired) electrons. The molecular weight excluding hydrogens is 290 g/mol. The highest BCUT2D eigenvalue weighted by Crippen LogP contribution is 2.24. The summed E-state index contributed by atoms with van der Waals surface area (Å²) in [6, 6.07) is 8.18. The second-order valence-electron chi connectivity index (χ2n) is 3.10. The maximum atomic E-state index is 11.8. The largest absolute Gasteiger partial charge is 0.508 e. The number of aromatic hydroxyl groups is 1. The fourth-order valence-corrected chi connectivity index (χ4v) is 2.63. The summed E-state index contributed by atoms with van der Waals surface area (Å²) in [5.41, 5.74) is 0.656. The Morgan fingerprint density at radius 2 is 1.94 bits per heavy atom. The Morgan fingerprint density at radius 3 is 2.50 bits per heavy atom. The van der Waals surface area contributed by atoms with E-state index in [0.717, 1.165) is 4.47 Å². The van der Waals surface area contributed by atoms with Gasteiger partial charge in [0.15, 0.2) is 0 Å². The van der Waals surface area contributed by atoms with Crippen molar-refractivity contribution in [2.75, 3.05) is 5.32 Å². The Hall–Kier alpha value is -1.33. The fraction of sp³-hybridized carbons (Fsp3) is 0. The number of benzene rings is 1. The minimum Gasteiger partial charge on any atom is -0.508 e. The van der Waals surface area contributed by atoms with Crippen molar-refractivity contribution in [2.45, 2.75) is 0 Å². The molecule has 1 aromatic carbocycles. The Morgan fingerprint density at radius 1 is 1.25 bits per heavy atom. The first kappa shape index (κ1) is 11.2. The van der Waals surface area contributed by atoms with E-state index < -0.39 is 0 Å². The zero-order chi connectivity index (χ0) is 11.5. The summed E-state index contributed by atoms with van der Waals surface area (Å²) in [6.45, 7) is 0. The van der Waals surface area contributed by atoms with Gasteiger partial charge in [-0.2, -0.15) is 0 Å². The summed E-state index contributed by atoms with van der Waals surface area (Å²) >= 11 is 4.67. The van der Waals surface area contributed by atoms with Gasteiger partial charge in [0, 0.05) is 10.2 Å². The van der Waals surface area contributed by atoms with Crippen LogP contribution in [0.15, 0.2) is 40.2 Å². The van der Waals surface area contributed by atoms with Crippen LogP contribution in [0.1, 0.15) is 9.67 Å². The normalized spacial score (nSPS) is 10.1. The summed E-state index contributed by atoms with van der Waals surface area (Å²) in [5, 5.41) is 13.7. The van der Waals surface area contributed by atoms with E-state index in [0.29, 0.717) is 10.6 Å². The average molecular weight is 298 g/mol. The number of nitrogens with one attached hydrogen (secondary N) is 1. The summed E-state index contributed by atoms with van der Waals surface area (Å²) in [4.78, 5) is 12.4. The summed E-state index contributed by atoms with van der Waals surface area (Å²) in [5.74, 6) is 0.0165. The lowest BCUT2D eigenvalue weighted by Crippen LogP contribution is -2.10. The number of phenolic OH excluding ortho intramolecular Hbond substituents is 1. The Bertz CT molecular complexity index is 507. The molecule has 3 nitrogen and oxygen atoms in total. The van der Waals surface area contributed by atoms with E-state index in [1.807, 2.05) is 11.4 Å². The second kappa shape index (κ2) is 4.67. The number of thiophene rings is 1. The van der Waals surface area contributed by atoms with Crippen molar-refractivity contribution < 1.29 is 9.90 Å². The van der Waals surface area contributed by atoms with Crippen LogP contribution in [0.3, 0.4) is 0 Å². The van der Waals surface area contributed by atoms with Gasteiger partial charge in [0.2, 0.25) is 0 Å². The van der Waals surface area contributed by atoms with Crippen LogP contribution in [-0.4, -0.2) is 11.0 Å². The van der Waals surface area contributed by atoms with E-state index in [1.165, 1.54) is 23.5 Å². The molecule has 0 aliphatic carbocycles. The molecule has 0 spiro atoms. The van der Waals surface area contributed by atoms with Crippen LogP contribution in [0.25, 0.3) is 0 Å². The number of hydrogen-bond donors (Lipinski definition) is 2. The molecule has 5 heteroatoms. The molecule has 2 N–H and O–H groups in total. The number of halogens is 1. The molecule has 2 rings (SSSR count). The van der Waals surface area contributed by atoms with Crippen LogP contribution in [-0.2, 0) is 0 Å². The van der Waals surface area contributed by atoms with E-state index in [4.69, 9.17) is 5.11 Å². The van der Waals surface area contributed by atoms with Crippen molar-refractivity contribution in [1.29, 1.82) is 0 Å². The van der Waals surface area contributed by atoms with E-state index in [-0.39, 0.29) is 11.7 Å². The first-order valence-corrected chi connectivity index (χ1v) is 6.17. The molecule has 0 aliphatic rings. The standard InChI is InChI=1S/C11H8BrNO2S/c12-9-5-6-16-10(9)11(15)13-7-1-3-8(14)4-2-7/h1-6,14H,(H,13,15). The van der Waals surface area contributed by atoms with Gasteiger partial charge in [-0.15, -0.1) is 11.3 Å². The Balaban J connectivity index is 2.14. The number of amides is 1. The Labute approximate surface area is 105 Å². The topological polar surface area (TPSA) is 49.3 Å². The summed E-state index contributed by atoms with van der Waals surface area (Å²) in [7, 11) is 0. The van der Waals surface area contributed by atoms with E-state index in [1.54, 1.807) is 12.1 Å². The monoisotopic (exact) mass is 297 g/mol. The zero-order valence-corrected chi connectivity index (χ0v) is 10.5. The number of carbonyl (C=O) groups excluding carboxylic acids is 1. The number of hydrogen-bond acceptors (Lipinski definition) is 3. The van der Waals surface area contributed by atoms with Crippen LogP contribution in [0.5, 0.6) is 5.75 Å². The first-order chi connectivity index (χ1) is 7.66. The van der Waals surface area contributed by atoms with E-state index in [9.17, 15) is 4.79 Å². The molecule has 0 bridgehead atoms. The summed E-state index contributed by atoms with van der Waals surface area (Å²) < 4.78 is 0.786. The molecular formula is C11H8BrNO2S. The SMILES string of the molecule is O=C(Nc1ccc(O)cc1)c1sccc1Br. The van der Waals surface area contributed by atoms with Crippen molar-refractivity contribution in [3.05, 3.63) is 45.1 Å². The van der Waals surface area contributed by atoms with Crippen LogP contribution in [0, 0.1) is 0 Å². The quantitative estimate of drug-likeness (QED) is 0.834. The number of anilines is 1. The van der Waals surface area contributed by atoms with Crippen LogP contribution >= 0.6 is 27.3 Å². The molecule has 1 aromatic heterocycles. The zero-order valence-electron chi connectivity index (χ0n) is 8.11. The Kier molecular flexibility index (Phi) is 3.26. The predicted octanol–water partition coefficient (Wildman–Crippen LogP) is 3.47. The van der Waals surface area contributed by atoms with Gasteiger partial charge in [-0.05, 0) is 51.6 Å². The maximum absolute atomic E-state index is 11.8. The first-order valence-electron chi connectivity index (χ1n) is 4.50. The number of rotatable bonds is 2. The number of carbonyl (C=O) groups is 1. The van der Waals surface area contributed by atoms with Crippen LogP contribution in [0.4, 0.5) is 5.69 Å². The molecule has 0 fully saturated rings. The van der Waals surface area contributed by atoms with Crippen molar-refractivity contribution >= 4 is 38.9 Å². The van der Waals surface area contributed by atoms with Crippen molar-refractivity contribution in [3.8, 4) is 5.75 Å². The van der Waals surface area contributed by atoms with E-state index in [2.05, 4.69) is 21.2 Å². The van der Waals surface area contributed by atoms with Crippen LogP contribution < -0.4 is 5.32 Å². The average Bonchev–Trinajstić information content (AvgIpc) is 2.68. The van der Waals surface area contributed by atoms with E-state index >= 15 is 0 Å². The highest BCUT2D eigenvalue weighted by atomic mass is 79.9. The molecule has 1 heterocycles. The van der Waals surface area contributed by atoms with Gasteiger partial charge in [0.1, 0.15) is 10.6 Å². The summed E-state index contributed by atoms with van der Waals surface area (Å²) in [6.07, 6.45) is 0. The molecule has 82 valence electrons.